The number of hydrogen-bond acceptors (Lipinski definition) is 8. The molecule has 41 heavy (non-hydrogen) atoms. The van der Waals surface area contributed by atoms with Crippen LogP contribution in [0.25, 0.3) is 17.0 Å². The van der Waals surface area contributed by atoms with E-state index in [1.165, 1.54) is 11.1 Å². The van der Waals surface area contributed by atoms with Crippen molar-refractivity contribution in [3.05, 3.63) is 74.7 Å². The monoisotopic (exact) mass is 578 g/mol. The summed E-state index contributed by atoms with van der Waals surface area (Å²) in [6.45, 7) is 2.01. The molecule has 2 aliphatic heterocycles. The van der Waals surface area contributed by atoms with E-state index >= 15 is 4.39 Å². The van der Waals surface area contributed by atoms with Gasteiger partial charge in [-0.3, -0.25) is 24.2 Å². The predicted octanol–water partition coefficient (Wildman–Crippen LogP) is 4.00. The molecular formula is C29H27FN4O6S. The molecule has 212 valence electrons. The number of methoxy groups -OCH3 is 1. The molecule has 0 unspecified atom stereocenters. The summed E-state index contributed by atoms with van der Waals surface area (Å²) in [5.41, 5.74) is 0.577. The normalized spacial score (nSPS) is 19.0. The number of aromatic nitrogens is 1. The van der Waals surface area contributed by atoms with Gasteiger partial charge in [0.25, 0.3) is 11.1 Å². The molecule has 0 bridgehead atoms. The maximum absolute atomic E-state index is 15.3. The Morgan fingerprint density at radius 1 is 1.10 bits per heavy atom. The summed E-state index contributed by atoms with van der Waals surface area (Å²) in [5.74, 6) is -1.58. The molecule has 10 nitrogen and oxygen atoms in total. The fourth-order valence-corrected chi connectivity index (χ4v) is 6.04. The zero-order chi connectivity index (χ0) is 28.8. The zero-order valence-corrected chi connectivity index (χ0v) is 23.0. The molecule has 1 aliphatic carbocycles. The van der Waals surface area contributed by atoms with Crippen LogP contribution in [0.3, 0.4) is 0 Å². The lowest BCUT2D eigenvalue weighted by Gasteiger charge is -2.37. The van der Waals surface area contributed by atoms with Gasteiger partial charge in [0, 0.05) is 43.8 Å². The Labute approximate surface area is 238 Å². The lowest BCUT2D eigenvalue weighted by Crippen LogP contribution is -2.51. The summed E-state index contributed by atoms with van der Waals surface area (Å²) < 4.78 is 22.2. The van der Waals surface area contributed by atoms with Crippen molar-refractivity contribution in [2.45, 2.75) is 18.9 Å². The highest BCUT2D eigenvalue weighted by Crippen LogP contribution is 2.38. The van der Waals surface area contributed by atoms with Gasteiger partial charge in [0.15, 0.2) is 0 Å². The van der Waals surface area contributed by atoms with Gasteiger partial charge in [0.05, 0.1) is 29.9 Å². The first kappa shape index (κ1) is 27.0. The molecule has 1 N–H and O–H groups in total. The van der Waals surface area contributed by atoms with Gasteiger partial charge < -0.3 is 19.3 Å². The van der Waals surface area contributed by atoms with Gasteiger partial charge in [-0.25, -0.2) is 9.18 Å². The lowest BCUT2D eigenvalue weighted by molar-refractivity contribution is -0.124. The number of thioether (sulfide) groups is 1. The fourth-order valence-electron chi connectivity index (χ4n) is 5.21. The number of rotatable bonds is 7. The second-order valence-corrected chi connectivity index (χ2v) is 11.3. The predicted molar refractivity (Wildman–Crippen MR) is 153 cm³/mol. The summed E-state index contributed by atoms with van der Waals surface area (Å²) in [7, 11) is 1.57. The molecule has 1 aromatic heterocycles. The number of aromatic carboxylic acids is 1. The van der Waals surface area contributed by atoms with Crippen LogP contribution >= 0.6 is 11.8 Å². The third-order valence-electron chi connectivity index (χ3n) is 7.61. The SMILES string of the molecule is COc1ccc(/C=C2\SC(=O)N(CN3CCN(c4cc5c(cc4F)c(=O)c(C(=O)O)cn5C4CC4)CC3)C2=O)cc1. The molecule has 0 spiro atoms. The van der Waals surface area contributed by atoms with Crippen LogP contribution in [0.5, 0.6) is 5.75 Å². The van der Waals surface area contributed by atoms with E-state index in [2.05, 4.69) is 0 Å². The van der Waals surface area contributed by atoms with Crippen LogP contribution in [0.2, 0.25) is 0 Å². The first-order chi connectivity index (χ1) is 19.7. The smallest absolute Gasteiger partial charge is 0.341 e. The van der Waals surface area contributed by atoms with Crippen molar-refractivity contribution < 1.29 is 28.6 Å². The van der Waals surface area contributed by atoms with Crippen LogP contribution in [-0.4, -0.2) is 76.5 Å². The standard InChI is InChI=1S/C29H27FN4O6S/c1-40-19-6-2-17(3-7-19)12-25-27(36)34(29(39)41-25)16-31-8-10-32(11-9-31)24-14-23-20(13-22(24)30)26(35)21(28(37)38)15-33(23)18-4-5-18/h2-3,6-7,12-15,18H,4-5,8-11,16H2,1H3,(H,37,38)/b25-12-. The van der Waals surface area contributed by atoms with E-state index in [4.69, 9.17) is 4.74 Å². The highest BCUT2D eigenvalue weighted by molar-refractivity contribution is 8.18. The number of anilines is 1. The van der Waals surface area contributed by atoms with Crippen LogP contribution in [0.4, 0.5) is 14.9 Å². The second kappa shape index (κ2) is 10.7. The van der Waals surface area contributed by atoms with Crippen molar-refractivity contribution in [3.63, 3.8) is 0 Å². The number of imide groups is 1. The van der Waals surface area contributed by atoms with Gasteiger partial charge in [-0.15, -0.1) is 0 Å². The molecule has 3 fully saturated rings. The van der Waals surface area contributed by atoms with Gasteiger partial charge in [-0.05, 0) is 60.5 Å². The molecular weight excluding hydrogens is 551 g/mol. The molecule has 0 radical (unpaired) electrons. The van der Waals surface area contributed by atoms with Crippen molar-refractivity contribution in [3.8, 4) is 5.75 Å². The quantitative estimate of drug-likeness (QED) is 0.416. The summed E-state index contributed by atoms with van der Waals surface area (Å²) in [6, 6.07) is 10.0. The maximum atomic E-state index is 15.3. The van der Waals surface area contributed by atoms with Crippen molar-refractivity contribution >= 4 is 51.5 Å². The van der Waals surface area contributed by atoms with E-state index in [-0.39, 0.29) is 34.8 Å². The van der Waals surface area contributed by atoms with Crippen LogP contribution in [0.15, 0.2) is 52.3 Å². The average molecular weight is 579 g/mol. The lowest BCUT2D eigenvalue weighted by atomic mass is 10.1. The molecule has 2 aromatic carbocycles. The highest BCUT2D eigenvalue weighted by atomic mass is 32.2. The van der Waals surface area contributed by atoms with Gasteiger partial charge in [-0.1, -0.05) is 12.1 Å². The number of ether oxygens (including phenoxy) is 1. The van der Waals surface area contributed by atoms with E-state index in [1.807, 2.05) is 21.9 Å². The number of halogens is 1. The van der Waals surface area contributed by atoms with Crippen LogP contribution in [0.1, 0.15) is 34.8 Å². The number of carboxylic acid groups (broad SMARTS) is 1. The second-order valence-electron chi connectivity index (χ2n) is 10.3. The number of carbonyl (C=O) groups is 3. The minimum absolute atomic E-state index is 0.0544. The summed E-state index contributed by atoms with van der Waals surface area (Å²) >= 11 is 0.904. The van der Waals surface area contributed by atoms with E-state index in [0.717, 1.165) is 36.2 Å². The molecule has 12 heteroatoms. The van der Waals surface area contributed by atoms with Gasteiger partial charge >= 0.3 is 5.97 Å². The Bertz CT molecular complexity index is 1660. The van der Waals surface area contributed by atoms with Gasteiger partial charge in [-0.2, -0.15) is 0 Å². The number of carbonyl (C=O) groups excluding carboxylic acids is 2. The zero-order valence-electron chi connectivity index (χ0n) is 22.2. The highest BCUT2D eigenvalue weighted by Gasteiger charge is 2.37. The van der Waals surface area contributed by atoms with Crippen LogP contribution in [-0.2, 0) is 4.79 Å². The largest absolute Gasteiger partial charge is 0.497 e. The minimum atomic E-state index is -1.33. The molecule has 2 saturated heterocycles. The average Bonchev–Trinajstić information content (AvgIpc) is 3.78. The molecule has 0 atom stereocenters. The number of carboxylic acids is 1. The Hall–Kier alpha value is -4.16. The summed E-state index contributed by atoms with van der Waals surface area (Å²) in [5, 5.41) is 9.18. The Balaban J connectivity index is 1.16. The molecule has 6 rings (SSSR count). The molecule has 3 aromatic rings. The van der Waals surface area contributed by atoms with Gasteiger partial charge in [0.1, 0.15) is 17.1 Å². The third kappa shape index (κ3) is 5.20. The topological polar surface area (TPSA) is 112 Å². The number of piperazine rings is 1. The van der Waals surface area contributed by atoms with E-state index in [9.17, 15) is 24.3 Å². The molecule has 3 aliphatic rings. The van der Waals surface area contributed by atoms with Crippen LogP contribution in [0, 0.1) is 5.82 Å². The Morgan fingerprint density at radius 2 is 1.80 bits per heavy atom. The van der Waals surface area contributed by atoms with Crippen LogP contribution < -0.4 is 15.1 Å². The Morgan fingerprint density at radius 3 is 2.44 bits per heavy atom. The summed E-state index contributed by atoms with van der Waals surface area (Å²) in [4.78, 5) is 55.4. The van der Waals surface area contributed by atoms with Gasteiger partial charge in [0.2, 0.25) is 5.43 Å². The number of amides is 2. The fraction of sp³-hybridized carbons (Fsp3) is 0.310. The summed E-state index contributed by atoms with van der Waals surface area (Å²) in [6.07, 6.45) is 4.78. The number of nitrogens with zero attached hydrogens (tertiary/aromatic N) is 4. The Kier molecular flexibility index (Phi) is 7.04. The van der Waals surface area contributed by atoms with E-state index < -0.39 is 17.2 Å². The first-order valence-corrected chi connectivity index (χ1v) is 14.0. The number of pyridine rings is 1. The maximum Gasteiger partial charge on any atom is 0.341 e. The first-order valence-electron chi connectivity index (χ1n) is 13.2. The molecule has 1 saturated carbocycles. The van der Waals surface area contributed by atoms with E-state index in [1.54, 1.807) is 36.0 Å². The van der Waals surface area contributed by atoms with Crippen molar-refractivity contribution in [2.24, 2.45) is 0 Å². The molecule has 2 amide bonds. The van der Waals surface area contributed by atoms with Crippen molar-refractivity contribution in [1.29, 1.82) is 0 Å². The van der Waals surface area contributed by atoms with Crippen molar-refractivity contribution in [1.82, 2.24) is 14.4 Å². The minimum Gasteiger partial charge on any atom is -0.497 e. The third-order valence-corrected chi connectivity index (χ3v) is 8.52. The molecule has 3 heterocycles. The number of benzene rings is 2. The van der Waals surface area contributed by atoms with E-state index in [0.29, 0.717) is 48.0 Å². The number of fused-ring (bicyclic) bond motifs is 1. The van der Waals surface area contributed by atoms with Crippen molar-refractivity contribution in [2.75, 3.05) is 44.9 Å². The number of hydrogen-bond donors (Lipinski definition) is 1.